The van der Waals surface area contributed by atoms with Crippen molar-refractivity contribution in [2.75, 3.05) is 30.6 Å². The molecule has 0 heterocycles. The molecule has 31 heavy (non-hydrogen) atoms. The Hall–Kier alpha value is -3.45. The van der Waals surface area contributed by atoms with E-state index in [0.29, 0.717) is 28.4 Å². The van der Waals surface area contributed by atoms with Crippen LogP contribution in [0, 0.1) is 6.92 Å². The van der Waals surface area contributed by atoms with E-state index in [-0.39, 0.29) is 17.6 Å². The van der Waals surface area contributed by atoms with Gasteiger partial charge in [-0.05, 0) is 55.0 Å². The smallest absolute Gasteiger partial charge is 0.255 e. The van der Waals surface area contributed by atoms with Crippen LogP contribution in [0.25, 0.3) is 0 Å². The maximum Gasteiger partial charge on any atom is 0.255 e. The number of nitrogens with one attached hydrogen (secondary N) is 2. The average molecular weight is 437 g/mol. The van der Waals surface area contributed by atoms with E-state index in [0.717, 1.165) is 10.5 Å². The van der Waals surface area contributed by atoms with Crippen molar-refractivity contribution in [3.63, 3.8) is 0 Å². The first-order chi connectivity index (χ1) is 15.0. The number of carbonyl (C=O) groups excluding carboxylic acids is 2. The van der Waals surface area contributed by atoms with E-state index in [1.165, 1.54) is 11.8 Å². The highest BCUT2D eigenvalue weighted by molar-refractivity contribution is 8.00. The Kier molecular flexibility index (Phi) is 7.56. The molecule has 160 valence electrons. The molecule has 3 aromatic carbocycles. The Morgan fingerprint density at radius 2 is 1.65 bits per heavy atom. The lowest BCUT2D eigenvalue weighted by Gasteiger charge is -2.12. The van der Waals surface area contributed by atoms with Crippen molar-refractivity contribution in [2.24, 2.45) is 0 Å². The summed E-state index contributed by atoms with van der Waals surface area (Å²) in [6.07, 6.45) is 0. The van der Waals surface area contributed by atoms with Gasteiger partial charge in [0.15, 0.2) is 0 Å². The largest absolute Gasteiger partial charge is 0.497 e. The SMILES string of the molecule is COc1ccc(OC)c(NC(=O)CSc2ccc(NC(=O)c3ccccc3C)cc2)c1. The fraction of sp³-hybridized carbons (Fsp3) is 0.167. The van der Waals surface area contributed by atoms with Crippen LogP contribution in [0.5, 0.6) is 11.5 Å². The van der Waals surface area contributed by atoms with Crippen LogP contribution in [0.3, 0.4) is 0 Å². The fourth-order valence-electron chi connectivity index (χ4n) is 2.91. The summed E-state index contributed by atoms with van der Waals surface area (Å²) in [4.78, 5) is 25.7. The number of amides is 2. The van der Waals surface area contributed by atoms with Crippen molar-refractivity contribution >= 4 is 35.0 Å². The topological polar surface area (TPSA) is 76.7 Å². The second kappa shape index (κ2) is 10.5. The van der Waals surface area contributed by atoms with E-state index in [1.807, 2.05) is 49.4 Å². The zero-order valence-corrected chi connectivity index (χ0v) is 18.4. The van der Waals surface area contributed by atoms with Gasteiger partial charge in [0.05, 0.1) is 25.7 Å². The molecule has 0 saturated carbocycles. The Labute approximate surface area is 186 Å². The molecule has 6 nitrogen and oxygen atoms in total. The van der Waals surface area contributed by atoms with E-state index in [1.54, 1.807) is 38.5 Å². The number of hydrogen-bond donors (Lipinski definition) is 2. The lowest BCUT2D eigenvalue weighted by atomic mass is 10.1. The van der Waals surface area contributed by atoms with E-state index in [2.05, 4.69) is 10.6 Å². The van der Waals surface area contributed by atoms with Crippen LogP contribution in [0.1, 0.15) is 15.9 Å². The monoisotopic (exact) mass is 436 g/mol. The first kappa shape index (κ1) is 22.2. The molecule has 0 aromatic heterocycles. The maximum atomic E-state index is 12.4. The number of aryl methyl sites for hydroxylation is 1. The molecular formula is C24H24N2O4S. The predicted molar refractivity (Wildman–Crippen MR) is 124 cm³/mol. The number of benzene rings is 3. The van der Waals surface area contributed by atoms with Gasteiger partial charge in [0, 0.05) is 22.2 Å². The highest BCUT2D eigenvalue weighted by Gasteiger charge is 2.11. The average Bonchev–Trinajstić information content (AvgIpc) is 2.78. The van der Waals surface area contributed by atoms with Crippen molar-refractivity contribution in [3.8, 4) is 11.5 Å². The fourth-order valence-corrected chi connectivity index (χ4v) is 3.61. The van der Waals surface area contributed by atoms with E-state index in [4.69, 9.17) is 9.47 Å². The summed E-state index contributed by atoms with van der Waals surface area (Å²) >= 11 is 1.40. The molecule has 2 N–H and O–H groups in total. The van der Waals surface area contributed by atoms with Gasteiger partial charge in [0.25, 0.3) is 5.91 Å². The third-order valence-corrected chi connectivity index (χ3v) is 5.56. The highest BCUT2D eigenvalue weighted by Crippen LogP contribution is 2.29. The van der Waals surface area contributed by atoms with Crippen LogP contribution in [0.4, 0.5) is 11.4 Å². The van der Waals surface area contributed by atoms with Crippen molar-refractivity contribution < 1.29 is 19.1 Å². The summed E-state index contributed by atoms with van der Waals surface area (Å²) in [7, 11) is 3.11. The molecule has 2 amide bonds. The third-order valence-electron chi connectivity index (χ3n) is 4.55. The minimum atomic E-state index is -0.159. The summed E-state index contributed by atoms with van der Waals surface area (Å²) in [5, 5.41) is 5.74. The van der Waals surface area contributed by atoms with Gasteiger partial charge in [0.1, 0.15) is 11.5 Å². The maximum absolute atomic E-state index is 12.4. The predicted octanol–water partition coefficient (Wildman–Crippen LogP) is 5.00. The van der Waals surface area contributed by atoms with Crippen LogP contribution in [-0.4, -0.2) is 31.8 Å². The number of thioether (sulfide) groups is 1. The van der Waals surface area contributed by atoms with Crippen LogP contribution in [-0.2, 0) is 4.79 Å². The molecule has 0 aliphatic rings. The third kappa shape index (κ3) is 6.02. The van der Waals surface area contributed by atoms with Gasteiger partial charge in [-0.15, -0.1) is 11.8 Å². The van der Waals surface area contributed by atoms with E-state index in [9.17, 15) is 9.59 Å². The van der Waals surface area contributed by atoms with Crippen molar-refractivity contribution in [1.29, 1.82) is 0 Å². The lowest BCUT2D eigenvalue weighted by Crippen LogP contribution is -2.15. The standard InChI is InChI=1S/C24H24N2O4S/c1-16-6-4-5-7-20(16)24(28)25-17-8-11-19(12-9-17)31-15-23(27)26-21-14-18(29-2)10-13-22(21)30-3/h4-14H,15H2,1-3H3,(H,25,28)(H,26,27). The quantitative estimate of drug-likeness (QED) is 0.486. The minimum absolute atomic E-state index is 0.148. The lowest BCUT2D eigenvalue weighted by molar-refractivity contribution is -0.113. The molecular weight excluding hydrogens is 412 g/mol. The molecule has 3 aromatic rings. The number of methoxy groups -OCH3 is 2. The van der Waals surface area contributed by atoms with E-state index < -0.39 is 0 Å². The van der Waals surface area contributed by atoms with Gasteiger partial charge < -0.3 is 20.1 Å². The normalized spacial score (nSPS) is 10.3. The van der Waals surface area contributed by atoms with Crippen molar-refractivity contribution in [1.82, 2.24) is 0 Å². The zero-order valence-electron chi connectivity index (χ0n) is 17.6. The minimum Gasteiger partial charge on any atom is -0.497 e. The molecule has 0 saturated heterocycles. The second-order valence-electron chi connectivity index (χ2n) is 6.70. The summed E-state index contributed by atoms with van der Waals surface area (Å²) < 4.78 is 10.5. The molecule has 0 unspecified atom stereocenters. The van der Waals surface area contributed by atoms with Gasteiger partial charge in [-0.25, -0.2) is 0 Å². The molecule has 0 radical (unpaired) electrons. The van der Waals surface area contributed by atoms with Crippen LogP contribution < -0.4 is 20.1 Å². The van der Waals surface area contributed by atoms with Crippen molar-refractivity contribution in [2.45, 2.75) is 11.8 Å². The van der Waals surface area contributed by atoms with Crippen LogP contribution >= 0.6 is 11.8 Å². The molecule has 0 aliphatic heterocycles. The highest BCUT2D eigenvalue weighted by atomic mass is 32.2. The second-order valence-corrected chi connectivity index (χ2v) is 7.75. The van der Waals surface area contributed by atoms with E-state index >= 15 is 0 Å². The molecule has 0 atom stereocenters. The summed E-state index contributed by atoms with van der Waals surface area (Å²) in [6, 6.07) is 20.1. The Bertz CT molecular complexity index is 1070. The van der Waals surface area contributed by atoms with Gasteiger partial charge in [0.2, 0.25) is 5.91 Å². The summed E-state index contributed by atoms with van der Waals surface area (Å²) in [6.45, 7) is 1.90. The Morgan fingerprint density at radius 3 is 2.32 bits per heavy atom. The molecule has 0 aliphatic carbocycles. The van der Waals surface area contributed by atoms with Crippen LogP contribution in [0.2, 0.25) is 0 Å². The Morgan fingerprint density at radius 1 is 0.903 bits per heavy atom. The van der Waals surface area contributed by atoms with Gasteiger partial charge >= 0.3 is 0 Å². The van der Waals surface area contributed by atoms with Gasteiger partial charge in [-0.2, -0.15) is 0 Å². The zero-order chi connectivity index (χ0) is 22.2. The first-order valence-corrected chi connectivity index (χ1v) is 10.6. The number of hydrogen-bond acceptors (Lipinski definition) is 5. The summed E-state index contributed by atoms with van der Waals surface area (Å²) in [5.41, 5.74) is 2.82. The van der Waals surface area contributed by atoms with Gasteiger partial charge in [-0.3, -0.25) is 9.59 Å². The molecule has 3 rings (SSSR count). The first-order valence-electron chi connectivity index (χ1n) is 9.62. The number of ether oxygens (including phenoxy) is 2. The molecule has 0 fully saturated rings. The molecule has 0 spiro atoms. The summed E-state index contributed by atoms with van der Waals surface area (Å²) in [5.74, 6) is 1.12. The Balaban J connectivity index is 1.55. The molecule has 7 heteroatoms. The van der Waals surface area contributed by atoms with Gasteiger partial charge in [-0.1, -0.05) is 18.2 Å². The molecule has 0 bridgehead atoms. The number of anilines is 2. The van der Waals surface area contributed by atoms with Crippen molar-refractivity contribution in [3.05, 3.63) is 77.9 Å². The van der Waals surface area contributed by atoms with Crippen LogP contribution in [0.15, 0.2) is 71.6 Å². The number of carbonyl (C=O) groups is 2. The number of rotatable bonds is 8.